The van der Waals surface area contributed by atoms with Gasteiger partial charge in [0.15, 0.2) is 0 Å². The average Bonchev–Trinajstić information content (AvgIpc) is 3.37. The van der Waals surface area contributed by atoms with Gasteiger partial charge >= 0.3 is 0 Å². The molecule has 4 aromatic rings. The summed E-state index contributed by atoms with van der Waals surface area (Å²) in [6, 6.07) is 18.2. The van der Waals surface area contributed by atoms with E-state index in [0.29, 0.717) is 17.8 Å². The van der Waals surface area contributed by atoms with Crippen LogP contribution in [0.4, 0.5) is 0 Å². The third-order valence-electron chi connectivity index (χ3n) is 7.30. The Balaban J connectivity index is 1.63. The van der Waals surface area contributed by atoms with Crippen molar-refractivity contribution in [2.45, 2.75) is 77.5 Å². The van der Waals surface area contributed by atoms with Gasteiger partial charge in [-0.3, -0.25) is 9.36 Å². The molecule has 7 heteroatoms. The summed E-state index contributed by atoms with van der Waals surface area (Å²) in [5.74, 6) is 0.600. The van der Waals surface area contributed by atoms with Gasteiger partial charge in [0.05, 0.1) is 29.5 Å². The fourth-order valence-corrected chi connectivity index (χ4v) is 5.63. The van der Waals surface area contributed by atoms with Gasteiger partial charge < -0.3 is 4.74 Å². The van der Waals surface area contributed by atoms with E-state index in [-0.39, 0.29) is 23.8 Å². The highest BCUT2D eigenvalue weighted by molar-refractivity contribution is 5.71. The smallest absolute Gasteiger partial charge is 0.259 e. The summed E-state index contributed by atoms with van der Waals surface area (Å²) in [7, 11) is 0. The second-order valence-corrected chi connectivity index (χ2v) is 10.1. The second kappa shape index (κ2) is 10.7. The van der Waals surface area contributed by atoms with Gasteiger partial charge in [-0.15, -0.1) is 0 Å². The van der Waals surface area contributed by atoms with Crippen LogP contribution in [0.5, 0.6) is 0 Å². The third kappa shape index (κ3) is 4.94. The van der Waals surface area contributed by atoms with Gasteiger partial charge in [0.25, 0.3) is 5.56 Å². The second-order valence-electron chi connectivity index (χ2n) is 10.1. The van der Waals surface area contributed by atoms with Gasteiger partial charge in [0.2, 0.25) is 5.78 Å². The summed E-state index contributed by atoms with van der Waals surface area (Å²) in [4.78, 5) is 18.7. The number of fused-ring (bicyclic) bond motifs is 1. The van der Waals surface area contributed by atoms with E-state index in [1.54, 1.807) is 6.33 Å². The molecule has 190 valence electrons. The van der Waals surface area contributed by atoms with E-state index in [2.05, 4.69) is 36.9 Å². The number of ether oxygens (including phenoxy) is 1. The molecule has 2 unspecified atom stereocenters. The highest BCUT2D eigenvalue weighted by Gasteiger charge is 2.30. The Kier molecular flexibility index (Phi) is 7.20. The fourth-order valence-electron chi connectivity index (χ4n) is 5.63. The Morgan fingerprint density at radius 3 is 2.57 bits per heavy atom. The molecule has 1 saturated heterocycles. The van der Waals surface area contributed by atoms with E-state index < -0.39 is 0 Å². The van der Waals surface area contributed by atoms with Crippen LogP contribution in [0.25, 0.3) is 16.9 Å². The number of aromatic nitrogens is 4. The summed E-state index contributed by atoms with van der Waals surface area (Å²) in [5, 5.41) is 14.5. The zero-order chi connectivity index (χ0) is 25.9. The maximum Gasteiger partial charge on any atom is 0.259 e. The summed E-state index contributed by atoms with van der Waals surface area (Å²) >= 11 is 0. The Hall–Kier alpha value is -3.76. The first-order valence-corrected chi connectivity index (χ1v) is 13.2. The monoisotopic (exact) mass is 495 g/mol. The number of unbranched alkanes of at least 4 members (excludes halogenated alkanes) is 1. The third-order valence-corrected chi connectivity index (χ3v) is 7.30. The standard InChI is InChI=1S/C30H33N5O2/c1-4-5-11-28-27(17-22-12-13-26(24(16-22)18-31)23-9-7-6-8-10-23)29(36)34(30-32-19-33-35(28)30)25-14-20(2)37-21(3)15-25/h6-10,12-13,16,19-21,25H,4-5,11,14-15,17H2,1-3H3. The molecule has 37 heavy (non-hydrogen) atoms. The van der Waals surface area contributed by atoms with Crippen molar-refractivity contribution in [2.75, 3.05) is 0 Å². The van der Waals surface area contributed by atoms with Crippen LogP contribution in [0.1, 0.15) is 74.9 Å². The maximum absolute atomic E-state index is 14.2. The number of benzene rings is 2. The molecule has 7 nitrogen and oxygen atoms in total. The predicted octanol–water partition coefficient (Wildman–Crippen LogP) is 5.49. The van der Waals surface area contributed by atoms with Gasteiger partial charge in [-0.1, -0.05) is 55.8 Å². The van der Waals surface area contributed by atoms with Crippen molar-refractivity contribution in [3.8, 4) is 17.2 Å². The Morgan fingerprint density at radius 2 is 1.86 bits per heavy atom. The molecule has 0 radical (unpaired) electrons. The minimum absolute atomic E-state index is 0.00736. The van der Waals surface area contributed by atoms with E-state index in [1.807, 2.05) is 57.6 Å². The molecule has 2 atom stereocenters. The molecule has 0 saturated carbocycles. The van der Waals surface area contributed by atoms with Gasteiger partial charge in [-0.2, -0.15) is 15.3 Å². The minimum atomic E-state index is -0.0106. The molecule has 5 rings (SSSR count). The molecular weight excluding hydrogens is 462 g/mol. The first kappa shape index (κ1) is 24.9. The fraction of sp³-hybridized carbons (Fsp3) is 0.400. The topological polar surface area (TPSA) is 85.2 Å². The lowest BCUT2D eigenvalue weighted by Gasteiger charge is -2.33. The van der Waals surface area contributed by atoms with Gasteiger partial charge in [-0.05, 0) is 62.3 Å². The molecule has 2 aromatic carbocycles. The molecule has 0 spiro atoms. The molecule has 1 fully saturated rings. The summed E-state index contributed by atoms with van der Waals surface area (Å²) < 4.78 is 9.66. The lowest BCUT2D eigenvalue weighted by Crippen LogP contribution is -2.38. The highest BCUT2D eigenvalue weighted by Crippen LogP contribution is 2.30. The van der Waals surface area contributed by atoms with Crippen LogP contribution in [0.15, 0.2) is 59.7 Å². The number of hydrogen-bond donors (Lipinski definition) is 0. The molecule has 1 aliphatic rings. The van der Waals surface area contributed by atoms with Crippen LogP contribution in [-0.4, -0.2) is 31.4 Å². The van der Waals surface area contributed by atoms with Crippen molar-refractivity contribution in [1.82, 2.24) is 19.2 Å². The highest BCUT2D eigenvalue weighted by atomic mass is 16.5. The molecule has 0 aliphatic carbocycles. The molecule has 1 aliphatic heterocycles. The molecular formula is C30H33N5O2. The van der Waals surface area contributed by atoms with E-state index in [0.717, 1.165) is 60.1 Å². The normalized spacial score (nSPS) is 19.7. The van der Waals surface area contributed by atoms with Crippen molar-refractivity contribution < 1.29 is 4.74 Å². The van der Waals surface area contributed by atoms with E-state index >= 15 is 0 Å². The Morgan fingerprint density at radius 1 is 1.11 bits per heavy atom. The molecule has 0 N–H and O–H groups in total. The van der Waals surface area contributed by atoms with Gasteiger partial charge in [-0.25, -0.2) is 4.52 Å². The zero-order valence-corrected chi connectivity index (χ0v) is 21.7. The van der Waals surface area contributed by atoms with Crippen molar-refractivity contribution in [1.29, 1.82) is 5.26 Å². The lowest BCUT2D eigenvalue weighted by atomic mass is 9.94. The quantitative estimate of drug-likeness (QED) is 0.338. The number of hydrogen-bond acceptors (Lipinski definition) is 5. The van der Waals surface area contributed by atoms with Crippen LogP contribution >= 0.6 is 0 Å². The van der Waals surface area contributed by atoms with Crippen LogP contribution in [0.3, 0.4) is 0 Å². The zero-order valence-electron chi connectivity index (χ0n) is 21.7. The van der Waals surface area contributed by atoms with Crippen LogP contribution in [-0.2, 0) is 17.6 Å². The van der Waals surface area contributed by atoms with Crippen molar-refractivity contribution in [3.05, 3.63) is 87.6 Å². The van der Waals surface area contributed by atoms with Crippen LogP contribution in [0, 0.1) is 11.3 Å². The first-order chi connectivity index (χ1) is 18.0. The first-order valence-electron chi connectivity index (χ1n) is 13.2. The number of aryl methyl sites for hydroxylation is 1. The van der Waals surface area contributed by atoms with E-state index in [4.69, 9.17) is 4.74 Å². The number of nitrogens with zero attached hydrogens (tertiary/aromatic N) is 5. The Bertz CT molecular complexity index is 1490. The average molecular weight is 496 g/mol. The van der Waals surface area contributed by atoms with Crippen molar-refractivity contribution >= 4 is 5.78 Å². The predicted molar refractivity (Wildman–Crippen MR) is 144 cm³/mol. The van der Waals surface area contributed by atoms with Crippen LogP contribution in [0.2, 0.25) is 0 Å². The molecule has 0 amide bonds. The largest absolute Gasteiger partial charge is 0.375 e. The number of rotatable bonds is 7. The van der Waals surface area contributed by atoms with Crippen molar-refractivity contribution in [2.24, 2.45) is 0 Å². The van der Waals surface area contributed by atoms with Crippen molar-refractivity contribution in [3.63, 3.8) is 0 Å². The van der Waals surface area contributed by atoms with E-state index in [1.165, 1.54) is 0 Å². The molecule has 2 aromatic heterocycles. The summed E-state index contributed by atoms with van der Waals surface area (Å²) in [5.41, 5.74) is 5.07. The summed E-state index contributed by atoms with van der Waals surface area (Å²) in [6.07, 6.45) is 6.33. The Labute approximate surface area is 217 Å². The minimum Gasteiger partial charge on any atom is -0.375 e. The molecule has 0 bridgehead atoms. The van der Waals surface area contributed by atoms with E-state index in [9.17, 15) is 10.1 Å². The maximum atomic E-state index is 14.2. The lowest BCUT2D eigenvalue weighted by molar-refractivity contribution is -0.0488. The van der Waals surface area contributed by atoms with Gasteiger partial charge in [0.1, 0.15) is 6.33 Å². The molecule has 3 heterocycles. The summed E-state index contributed by atoms with van der Waals surface area (Å²) in [6.45, 7) is 6.26. The SMILES string of the molecule is CCCCc1c(Cc2ccc(-c3ccccc3)c(C#N)c2)c(=O)n(C2CC(C)OC(C)C2)c2ncnn12. The van der Waals surface area contributed by atoms with Gasteiger partial charge in [0, 0.05) is 18.0 Å². The van der Waals surface area contributed by atoms with Crippen LogP contribution < -0.4 is 5.56 Å². The number of nitriles is 1.